The number of rotatable bonds is 5. The van der Waals surface area contributed by atoms with Crippen LogP contribution in [0.3, 0.4) is 0 Å². The van der Waals surface area contributed by atoms with Crippen LogP contribution in [-0.4, -0.2) is 23.0 Å². The zero-order valence-electron chi connectivity index (χ0n) is 16.7. The predicted molar refractivity (Wildman–Crippen MR) is 116 cm³/mol. The molecule has 7 rings (SSSR count). The molecule has 0 radical (unpaired) electrons. The Morgan fingerprint density at radius 2 is 1.61 bits per heavy atom. The average molecular weight is 433 g/mol. The van der Waals surface area contributed by atoms with Crippen LogP contribution in [0.25, 0.3) is 0 Å². The summed E-state index contributed by atoms with van der Waals surface area (Å²) in [7, 11) is 0. The first-order valence-corrected chi connectivity index (χ1v) is 11.1. The van der Waals surface area contributed by atoms with Crippen LogP contribution >= 0.6 is 11.6 Å². The summed E-state index contributed by atoms with van der Waals surface area (Å²) in [5, 5.41) is 6.05. The zero-order valence-corrected chi connectivity index (χ0v) is 17.5. The zero-order chi connectivity index (χ0) is 21.1. The number of ether oxygens (including phenoxy) is 1. The van der Waals surface area contributed by atoms with Crippen LogP contribution in [0, 0.1) is 35.5 Å². The highest BCUT2D eigenvalue weighted by Crippen LogP contribution is 2.65. The topological polar surface area (TPSA) is 59.0 Å². The van der Waals surface area contributed by atoms with Gasteiger partial charge in [-0.05, 0) is 66.0 Å². The van der Waals surface area contributed by atoms with Crippen molar-refractivity contribution in [3.05, 3.63) is 76.8 Å². The number of nitrogens with zero attached hydrogens (tertiary/aromatic N) is 2. The van der Waals surface area contributed by atoms with Gasteiger partial charge in [-0.1, -0.05) is 42.0 Å². The van der Waals surface area contributed by atoms with Gasteiger partial charge in [-0.2, -0.15) is 10.1 Å². The van der Waals surface area contributed by atoms with E-state index in [1.165, 1.54) is 0 Å². The lowest BCUT2D eigenvalue weighted by Crippen LogP contribution is -2.40. The molecule has 3 fully saturated rings. The van der Waals surface area contributed by atoms with E-state index in [2.05, 4.69) is 17.3 Å². The highest BCUT2D eigenvalue weighted by atomic mass is 35.5. The molecule has 6 heteroatoms. The van der Waals surface area contributed by atoms with Crippen LogP contribution < -0.4 is 4.74 Å². The molecule has 2 saturated carbocycles. The minimum Gasteiger partial charge on any atom is -0.489 e. The van der Waals surface area contributed by atoms with Gasteiger partial charge in [-0.25, -0.2) is 0 Å². The van der Waals surface area contributed by atoms with E-state index >= 15 is 0 Å². The molecule has 6 atom stereocenters. The molecular weight excluding hydrogens is 412 g/mol. The van der Waals surface area contributed by atoms with Gasteiger partial charge < -0.3 is 4.74 Å². The van der Waals surface area contributed by atoms with Gasteiger partial charge in [0, 0.05) is 10.6 Å². The second-order valence-electron chi connectivity index (χ2n) is 8.84. The number of imide groups is 1. The van der Waals surface area contributed by atoms with Crippen LogP contribution in [0.5, 0.6) is 5.75 Å². The van der Waals surface area contributed by atoms with Crippen molar-refractivity contribution in [2.75, 3.05) is 0 Å². The maximum Gasteiger partial charge on any atom is 0.254 e. The SMILES string of the molecule is O=C1C2C3C=CC(C4CC34)C2C(=O)N1N=Cc1ccc(OCc2ccccc2Cl)cc1. The van der Waals surface area contributed by atoms with Crippen molar-refractivity contribution >= 4 is 29.6 Å². The average Bonchev–Trinajstić information content (AvgIpc) is 3.57. The van der Waals surface area contributed by atoms with Crippen molar-refractivity contribution in [3.63, 3.8) is 0 Å². The van der Waals surface area contributed by atoms with Crippen LogP contribution in [0.2, 0.25) is 5.02 Å². The fourth-order valence-electron chi connectivity index (χ4n) is 5.61. The summed E-state index contributed by atoms with van der Waals surface area (Å²) in [5.74, 6) is 1.60. The predicted octanol–water partition coefficient (Wildman–Crippen LogP) is 4.31. The van der Waals surface area contributed by atoms with Crippen LogP contribution in [-0.2, 0) is 16.2 Å². The van der Waals surface area contributed by atoms with Crippen molar-refractivity contribution in [1.29, 1.82) is 0 Å². The number of benzene rings is 2. The number of carbonyl (C=O) groups excluding carboxylic acids is 2. The van der Waals surface area contributed by atoms with Crippen LogP contribution in [0.1, 0.15) is 17.5 Å². The number of hydrazone groups is 1. The molecule has 2 amide bonds. The summed E-state index contributed by atoms with van der Waals surface area (Å²) in [4.78, 5) is 25.9. The summed E-state index contributed by atoms with van der Waals surface area (Å²) in [6.45, 7) is 0.380. The first-order valence-electron chi connectivity index (χ1n) is 10.7. The van der Waals surface area contributed by atoms with Gasteiger partial charge in [0.15, 0.2) is 0 Å². The van der Waals surface area contributed by atoms with Gasteiger partial charge in [0.1, 0.15) is 12.4 Å². The molecule has 2 bridgehead atoms. The Kier molecular flexibility index (Phi) is 4.29. The van der Waals surface area contributed by atoms with Crippen molar-refractivity contribution in [2.45, 2.75) is 13.0 Å². The van der Waals surface area contributed by atoms with E-state index < -0.39 is 0 Å². The fraction of sp³-hybridized carbons (Fsp3) is 0.320. The third kappa shape index (κ3) is 3.02. The lowest BCUT2D eigenvalue weighted by molar-refractivity contribution is -0.140. The summed E-state index contributed by atoms with van der Waals surface area (Å²) >= 11 is 6.16. The number of halogens is 1. The highest BCUT2D eigenvalue weighted by Gasteiger charge is 2.67. The Hall–Kier alpha value is -2.92. The smallest absolute Gasteiger partial charge is 0.254 e. The lowest BCUT2D eigenvalue weighted by Gasteiger charge is -2.37. The van der Waals surface area contributed by atoms with Gasteiger partial charge >= 0.3 is 0 Å². The van der Waals surface area contributed by atoms with Crippen molar-refractivity contribution < 1.29 is 14.3 Å². The third-order valence-corrected chi connectivity index (χ3v) is 7.56. The monoisotopic (exact) mass is 432 g/mol. The number of carbonyl (C=O) groups is 2. The highest BCUT2D eigenvalue weighted by molar-refractivity contribution is 6.31. The Bertz CT molecular complexity index is 1090. The molecular formula is C25H21ClN2O3. The minimum atomic E-state index is -0.219. The van der Waals surface area contributed by atoms with Crippen molar-refractivity contribution in [3.8, 4) is 5.75 Å². The maximum atomic E-state index is 13.0. The van der Waals surface area contributed by atoms with E-state index in [0.717, 1.165) is 22.6 Å². The molecule has 2 aromatic carbocycles. The van der Waals surface area contributed by atoms with E-state index in [4.69, 9.17) is 16.3 Å². The van der Waals surface area contributed by atoms with Crippen LogP contribution in [0.15, 0.2) is 65.8 Å². The molecule has 0 aromatic heterocycles. The first-order chi connectivity index (χ1) is 15.1. The second-order valence-corrected chi connectivity index (χ2v) is 9.24. The molecule has 1 heterocycles. The Morgan fingerprint density at radius 1 is 0.968 bits per heavy atom. The number of hydrogen-bond acceptors (Lipinski definition) is 4. The van der Waals surface area contributed by atoms with Gasteiger partial charge in [0.25, 0.3) is 11.8 Å². The Morgan fingerprint density at radius 3 is 2.26 bits per heavy atom. The molecule has 5 nitrogen and oxygen atoms in total. The maximum absolute atomic E-state index is 13.0. The normalized spacial score (nSPS) is 32.5. The summed E-state index contributed by atoms with van der Waals surface area (Å²) in [6, 6.07) is 14.9. The number of allylic oxidation sites excluding steroid dienone is 2. The van der Waals surface area contributed by atoms with E-state index in [-0.39, 0.29) is 35.5 Å². The van der Waals surface area contributed by atoms with Crippen molar-refractivity contribution in [1.82, 2.24) is 5.01 Å². The largest absolute Gasteiger partial charge is 0.489 e. The molecule has 1 aliphatic heterocycles. The number of amides is 2. The minimum absolute atomic E-state index is 0.143. The fourth-order valence-corrected chi connectivity index (χ4v) is 5.80. The van der Waals surface area contributed by atoms with Gasteiger partial charge in [-0.15, -0.1) is 0 Å². The standard InChI is InChI=1S/C25H21ClN2O3/c26-21-4-2-1-3-15(21)13-31-16-7-5-14(6-8-16)12-27-28-24(29)22-17-9-10-18(20-11-19(17)20)23(22)25(28)30/h1-10,12,17-20,22-23H,11,13H2. The van der Waals surface area contributed by atoms with E-state index in [1.807, 2.05) is 48.5 Å². The molecule has 1 saturated heterocycles. The Labute approximate surface area is 185 Å². The molecule has 6 unspecified atom stereocenters. The van der Waals surface area contributed by atoms with E-state index in [0.29, 0.717) is 29.2 Å². The summed E-state index contributed by atoms with van der Waals surface area (Å²) in [6.07, 6.45) is 7.06. The molecule has 156 valence electrons. The van der Waals surface area contributed by atoms with Gasteiger partial charge in [0.05, 0.1) is 18.1 Å². The lowest BCUT2D eigenvalue weighted by atomic mass is 9.63. The number of hydrogen-bond donors (Lipinski definition) is 0. The molecule has 0 spiro atoms. The molecule has 5 aliphatic rings. The quantitative estimate of drug-likeness (QED) is 0.402. The van der Waals surface area contributed by atoms with E-state index in [9.17, 15) is 9.59 Å². The van der Waals surface area contributed by atoms with Gasteiger partial charge in [-0.3, -0.25) is 9.59 Å². The second kappa shape index (κ2) is 7.06. The molecule has 31 heavy (non-hydrogen) atoms. The van der Waals surface area contributed by atoms with Crippen molar-refractivity contribution in [2.24, 2.45) is 40.6 Å². The Balaban J connectivity index is 1.13. The van der Waals surface area contributed by atoms with Crippen LogP contribution in [0.4, 0.5) is 0 Å². The van der Waals surface area contributed by atoms with E-state index in [1.54, 1.807) is 6.21 Å². The summed E-state index contributed by atoms with van der Waals surface area (Å²) in [5.41, 5.74) is 1.72. The molecule has 4 aliphatic carbocycles. The molecule has 2 aromatic rings. The summed E-state index contributed by atoms with van der Waals surface area (Å²) < 4.78 is 5.79. The first kappa shape index (κ1) is 18.8. The third-order valence-electron chi connectivity index (χ3n) is 7.19. The molecule has 0 N–H and O–H groups in total. The van der Waals surface area contributed by atoms with Gasteiger partial charge in [0.2, 0.25) is 0 Å².